The summed E-state index contributed by atoms with van der Waals surface area (Å²) in [5.74, 6) is 0.0945. The zero-order valence-electron chi connectivity index (χ0n) is 18.6. The van der Waals surface area contributed by atoms with E-state index in [1.54, 1.807) is 31.2 Å². The van der Waals surface area contributed by atoms with E-state index in [4.69, 9.17) is 13.9 Å². The quantitative estimate of drug-likeness (QED) is 0.212. The zero-order valence-corrected chi connectivity index (χ0v) is 19.5. The van der Waals surface area contributed by atoms with Crippen molar-refractivity contribution in [1.82, 2.24) is 5.32 Å². The first-order valence-corrected chi connectivity index (χ1v) is 11.2. The predicted octanol–water partition coefficient (Wildman–Crippen LogP) is 4.93. The van der Waals surface area contributed by atoms with Crippen molar-refractivity contribution in [3.63, 3.8) is 0 Å². The summed E-state index contributed by atoms with van der Waals surface area (Å²) in [4.78, 5) is 40.1. The Morgan fingerprint density at radius 1 is 1.23 bits per heavy atom. The molecule has 178 valence electrons. The van der Waals surface area contributed by atoms with Crippen LogP contribution >= 0.6 is 11.8 Å². The van der Waals surface area contributed by atoms with Crippen LogP contribution in [0.5, 0.6) is 5.75 Å². The minimum atomic E-state index is -0.651. The summed E-state index contributed by atoms with van der Waals surface area (Å²) in [5.41, 5.74) is 0.521. The number of carbonyl (C=O) groups excluding carboxylic acids is 2. The Bertz CT molecular complexity index is 1380. The van der Waals surface area contributed by atoms with Crippen LogP contribution in [-0.4, -0.2) is 35.7 Å². The highest BCUT2D eigenvalue weighted by molar-refractivity contribution is 8.18. The van der Waals surface area contributed by atoms with Crippen molar-refractivity contribution in [2.45, 2.75) is 6.92 Å². The molecule has 3 aromatic rings. The first-order chi connectivity index (χ1) is 16.9. The second kappa shape index (κ2) is 10.3. The highest BCUT2D eigenvalue weighted by Gasteiger charge is 2.26. The van der Waals surface area contributed by atoms with Gasteiger partial charge in [0, 0.05) is 12.1 Å². The number of nitro benzene ring substituents is 1. The average molecular weight is 493 g/mol. The third kappa shape index (κ3) is 5.25. The van der Waals surface area contributed by atoms with Crippen LogP contribution in [0.2, 0.25) is 0 Å². The number of carbonyl (C=O) groups is 2. The zero-order chi connectivity index (χ0) is 24.9. The molecule has 1 aromatic heterocycles. The maximum Gasteiger partial charge on any atom is 0.338 e. The number of nitrogens with zero attached hydrogens (tertiary/aromatic N) is 2. The lowest BCUT2D eigenvalue weighted by atomic mass is 10.1. The molecule has 0 bridgehead atoms. The fourth-order valence-corrected chi connectivity index (χ4v) is 4.06. The van der Waals surface area contributed by atoms with Gasteiger partial charge in [-0.2, -0.15) is 0 Å². The number of nitrogens with one attached hydrogen (secondary N) is 1. The van der Waals surface area contributed by atoms with Gasteiger partial charge in [-0.1, -0.05) is 12.1 Å². The molecule has 0 radical (unpaired) electrons. The maximum atomic E-state index is 12.4. The van der Waals surface area contributed by atoms with Gasteiger partial charge in [-0.25, -0.2) is 9.79 Å². The minimum Gasteiger partial charge on any atom is -0.494 e. The number of furan rings is 1. The van der Waals surface area contributed by atoms with Crippen LogP contribution in [0.15, 0.2) is 68.9 Å². The molecule has 1 fully saturated rings. The number of hydrogen-bond donors (Lipinski definition) is 1. The standard InChI is InChI=1S/C24H19N3O7S/c1-3-33-23(29)14-8-10-16(18(12-14)27(30)31)19-11-9-15(34-19)13-21-22(28)26-24(35-21)25-17-6-4-5-7-20(17)32-2/h4-13H,3H2,1-2H3,(H,25,26,28)/b21-13-. The molecule has 1 amide bonds. The molecule has 11 heteroatoms. The first kappa shape index (κ1) is 23.8. The van der Waals surface area contributed by atoms with Gasteiger partial charge < -0.3 is 19.2 Å². The van der Waals surface area contributed by atoms with E-state index in [1.807, 2.05) is 12.1 Å². The predicted molar refractivity (Wildman–Crippen MR) is 131 cm³/mol. The molecule has 0 saturated carbocycles. The van der Waals surface area contributed by atoms with Crippen LogP contribution in [0.25, 0.3) is 17.4 Å². The van der Waals surface area contributed by atoms with E-state index in [9.17, 15) is 19.7 Å². The monoisotopic (exact) mass is 493 g/mol. The molecule has 0 spiro atoms. The molecule has 1 aliphatic rings. The number of para-hydroxylation sites is 2. The summed E-state index contributed by atoms with van der Waals surface area (Å²) in [6.45, 7) is 1.80. The number of esters is 1. The van der Waals surface area contributed by atoms with E-state index in [0.29, 0.717) is 27.3 Å². The average Bonchev–Trinajstić information content (AvgIpc) is 3.45. The Hall–Kier alpha value is -4.38. The lowest BCUT2D eigenvalue weighted by Gasteiger charge is -2.04. The van der Waals surface area contributed by atoms with Gasteiger partial charge in [-0.3, -0.25) is 14.9 Å². The van der Waals surface area contributed by atoms with E-state index < -0.39 is 10.9 Å². The molecule has 2 heterocycles. The first-order valence-electron chi connectivity index (χ1n) is 10.4. The van der Waals surface area contributed by atoms with Crippen LogP contribution in [0.3, 0.4) is 0 Å². The summed E-state index contributed by atoms with van der Waals surface area (Å²) >= 11 is 1.13. The highest BCUT2D eigenvalue weighted by Crippen LogP contribution is 2.35. The van der Waals surface area contributed by atoms with Gasteiger partial charge in [-0.15, -0.1) is 0 Å². The van der Waals surface area contributed by atoms with Crippen molar-refractivity contribution in [2.75, 3.05) is 13.7 Å². The molecular weight excluding hydrogens is 474 g/mol. The van der Waals surface area contributed by atoms with Gasteiger partial charge in [-0.05, 0) is 55.1 Å². The molecule has 10 nitrogen and oxygen atoms in total. The number of hydrogen-bond acceptors (Lipinski definition) is 9. The Morgan fingerprint density at radius 2 is 2.03 bits per heavy atom. The number of ether oxygens (including phenoxy) is 2. The van der Waals surface area contributed by atoms with Crippen molar-refractivity contribution in [3.05, 3.63) is 80.9 Å². The Labute approximate surface area is 203 Å². The molecule has 2 aromatic carbocycles. The molecule has 1 N–H and O–H groups in total. The third-order valence-electron chi connectivity index (χ3n) is 4.83. The van der Waals surface area contributed by atoms with Gasteiger partial charge in [0.05, 0.1) is 34.7 Å². The largest absolute Gasteiger partial charge is 0.494 e. The maximum absolute atomic E-state index is 12.4. The molecule has 4 rings (SSSR count). The van der Waals surface area contributed by atoms with Gasteiger partial charge in [0.25, 0.3) is 11.6 Å². The van der Waals surface area contributed by atoms with E-state index in [1.165, 1.54) is 25.3 Å². The third-order valence-corrected chi connectivity index (χ3v) is 5.74. The normalized spacial score (nSPS) is 15.3. The Morgan fingerprint density at radius 3 is 2.77 bits per heavy atom. The van der Waals surface area contributed by atoms with Crippen LogP contribution in [0.1, 0.15) is 23.0 Å². The molecule has 0 aliphatic carbocycles. The topological polar surface area (TPSA) is 133 Å². The fourth-order valence-electron chi connectivity index (χ4n) is 3.25. The van der Waals surface area contributed by atoms with E-state index in [0.717, 1.165) is 17.8 Å². The van der Waals surface area contributed by atoms with Gasteiger partial charge >= 0.3 is 5.97 Å². The molecule has 35 heavy (non-hydrogen) atoms. The smallest absolute Gasteiger partial charge is 0.338 e. The van der Waals surface area contributed by atoms with Gasteiger partial charge in [0.2, 0.25) is 0 Å². The van der Waals surface area contributed by atoms with Crippen LogP contribution in [0.4, 0.5) is 11.4 Å². The summed E-state index contributed by atoms with van der Waals surface area (Å²) in [6.07, 6.45) is 1.52. The number of benzene rings is 2. The molecule has 0 atom stereocenters. The number of methoxy groups -OCH3 is 1. The van der Waals surface area contributed by atoms with Crippen LogP contribution < -0.4 is 10.1 Å². The lowest BCUT2D eigenvalue weighted by Crippen LogP contribution is -2.19. The van der Waals surface area contributed by atoms with Crippen molar-refractivity contribution < 1.29 is 28.4 Å². The van der Waals surface area contributed by atoms with Gasteiger partial charge in [0.1, 0.15) is 23.0 Å². The second-order valence-corrected chi connectivity index (χ2v) is 8.10. The van der Waals surface area contributed by atoms with Crippen molar-refractivity contribution >= 4 is 46.3 Å². The molecule has 0 unspecified atom stereocenters. The number of thioether (sulfide) groups is 1. The molecular formula is C24H19N3O7S. The SMILES string of the molecule is CCOC(=O)c1ccc(-c2ccc(/C=C3\SC(=Nc4ccccc4OC)NC3=O)o2)c([N+](=O)[O-])c1. The number of amidine groups is 1. The van der Waals surface area contributed by atoms with E-state index >= 15 is 0 Å². The van der Waals surface area contributed by atoms with Crippen LogP contribution in [0, 0.1) is 10.1 Å². The summed E-state index contributed by atoms with van der Waals surface area (Å²) in [5, 5.41) is 14.7. The fraction of sp³-hybridized carbons (Fsp3) is 0.125. The molecule has 1 aliphatic heterocycles. The van der Waals surface area contributed by atoms with E-state index in [2.05, 4.69) is 10.3 Å². The van der Waals surface area contributed by atoms with Crippen molar-refractivity contribution in [2.24, 2.45) is 4.99 Å². The van der Waals surface area contributed by atoms with Gasteiger partial charge in [0.15, 0.2) is 5.17 Å². The summed E-state index contributed by atoms with van der Waals surface area (Å²) < 4.78 is 15.9. The Balaban J connectivity index is 1.59. The summed E-state index contributed by atoms with van der Waals surface area (Å²) in [6, 6.07) is 14.3. The number of amides is 1. The number of rotatable bonds is 7. The van der Waals surface area contributed by atoms with Crippen LogP contribution in [-0.2, 0) is 9.53 Å². The van der Waals surface area contributed by atoms with Crippen molar-refractivity contribution in [3.8, 4) is 17.1 Å². The minimum absolute atomic E-state index is 0.0667. The molecule has 1 saturated heterocycles. The number of nitro groups is 1. The highest BCUT2D eigenvalue weighted by atomic mass is 32.2. The second-order valence-electron chi connectivity index (χ2n) is 7.07. The Kier molecular flexibility index (Phi) is 6.97. The summed E-state index contributed by atoms with van der Waals surface area (Å²) in [7, 11) is 1.54. The lowest BCUT2D eigenvalue weighted by molar-refractivity contribution is -0.384. The van der Waals surface area contributed by atoms with Crippen molar-refractivity contribution in [1.29, 1.82) is 0 Å². The van der Waals surface area contributed by atoms with E-state index in [-0.39, 0.29) is 35.1 Å². The number of aliphatic imine (C=N–C) groups is 1.